The Balaban J connectivity index is 1.76. The molecule has 1 N–H and O–H groups in total. The number of nitrogens with zero attached hydrogens (tertiary/aromatic N) is 2. The van der Waals surface area contributed by atoms with E-state index in [0.29, 0.717) is 31.0 Å². The van der Waals surface area contributed by atoms with E-state index in [1.165, 1.54) is 0 Å². The smallest absolute Gasteiger partial charge is 0.226 e. The average Bonchev–Trinajstić information content (AvgIpc) is 2.97. The largest absolute Gasteiger partial charge is 0.350 e. The topological polar surface area (TPSA) is 68.0 Å². The van der Waals surface area contributed by atoms with E-state index in [0.717, 1.165) is 5.56 Å². The van der Waals surface area contributed by atoms with Gasteiger partial charge in [0.05, 0.1) is 6.04 Å². The van der Waals surface area contributed by atoms with Crippen LogP contribution in [-0.4, -0.2) is 16.0 Å². The van der Waals surface area contributed by atoms with Crippen molar-refractivity contribution in [2.75, 3.05) is 0 Å². The Labute approximate surface area is 137 Å². The molecule has 2 aromatic rings. The molecule has 23 heavy (non-hydrogen) atoms. The number of nitrogens with one attached hydrogen (secondary N) is 1. The molecule has 5 nitrogen and oxygen atoms in total. The summed E-state index contributed by atoms with van der Waals surface area (Å²) in [4.78, 5) is 16.4. The second-order valence-corrected chi connectivity index (χ2v) is 6.82. The van der Waals surface area contributed by atoms with Gasteiger partial charge in [-0.1, -0.05) is 56.3 Å². The van der Waals surface area contributed by atoms with Gasteiger partial charge in [-0.2, -0.15) is 4.98 Å². The summed E-state index contributed by atoms with van der Waals surface area (Å²) in [7, 11) is 0. The van der Waals surface area contributed by atoms with Crippen LogP contribution in [0.1, 0.15) is 63.9 Å². The first-order valence-corrected chi connectivity index (χ1v) is 8.03. The van der Waals surface area contributed by atoms with Crippen molar-refractivity contribution < 1.29 is 9.32 Å². The van der Waals surface area contributed by atoms with Crippen molar-refractivity contribution >= 4 is 5.91 Å². The molecule has 1 aromatic heterocycles. The van der Waals surface area contributed by atoms with Crippen molar-refractivity contribution in [2.24, 2.45) is 0 Å². The number of benzene rings is 1. The predicted octanol–water partition coefficient (Wildman–Crippen LogP) is 3.57. The molecule has 5 heteroatoms. The van der Waals surface area contributed by atoms with Gasteiger partial charge >= 0.3 is 0 Å². The molecule has 1 atom stereocenters. The van der Waals surface area contributed by atoms with Gasteiger partial charge in [-0.15, -0.1) is 0 Å². The molecule has 0 aliphatic carbocycles. The van der Waals surface area contributed by atoms with Crippen LogP contribution >= 0.6 is 0 Å². The minimum Gasteiger partial charge on any atom is -0.350 e. The number of rotatable bonds is 6. The van der Waals surface area contributed by atoms with Crippen LogP contribution in [0.15, 0.2) is 34.9 Å². The Morgan fingerprint density at radius 2 is 1.96 bits per heavy atom. The molecule has 0 aliphatic heterocycles. The third kappa shape index (κ3) is 5.20. The Bertz CT molecular complexity index is 629. The third-order valence-corrected chi connectivity index (χ3v) is 3.61. The zero-order valence-electron chi connectivity index (χ0n) is 14.3. The summed E-state index contributed by atoms with van der Waals surface area (Å²) in [5.41, 5.74) is 0.983. The second kappa shape index (κ2) is 7.40. The van der Waals surface area contributed by atoms with Crippen molar-refractivity contribution in [3.05, 3.63) is 47.6 Å². The van der Waals surface area contributed by atoms with Crippen molar-refractivity contribution in [1.82, 2.24) is 15.5 Å². The zero-order valence-corrected chi connectivity index (χ0v) is 14.3. The van der Waals surface area contributed by atoms with Gasteiger partial charge in [0, 0.05) is 18.3 Å². The average molecular weight is 315 g/mol. The lowest BCUT2D eigenvalue weighted by molar-refractivity contribution is -0.121. The van der Waals surface area contributed by atoms with Crippen molar-refractivity contribution in [3.8, 4) is 0 Å². The van der Waals surface area contributed by atoms with Crippen LogP contribution in [0.5, 0.6) is 0 Å². The van der Waals surface area contributed by atoms with Crippen molar-refractivity contribution in [3.63, 3.8) is 0 Å². The molecule has 0 saturated carbocycles. The van der Waals surface area contributed by atoms with E-state index in [-0.39, 0.29) is 17.4 Å². The fraction of sp³-hybridized carbons (Fsp3) is 0.500. The lowest BCUT2D eigenvalue weighted by atomic mass is 9.96. The maximum absolute atomic E-state index is 12.0. The summed E-state index contributed by atoms with van der Waals surface area (Å²) in [6.07, 6.45) is 1.76. The number of carbonyl (C=O) groups excluding carboxylic acids is 1. The molecule has 0 radical (unpaired) electrons. The highest BCUT2D eigenvalue weighted by atomic mass is 16.5. The fourth-order valence-corrected chi connectivity index (χ4v) is 2.20. The highest BCUT2D eigenvalue weighted by molar-refractivity contribution is 5.76. The minimum absolute atomic E-state index is 0.0135. The standard InChI is InChI=1S/C18H25N3O2/c1-13(14-9-6-5-7-10-14)19-15(22)11-8-12-16-20-17(21-23-16)18(2,3)4/h5-7,9-10,13H,8,11-12H2,1-4H3,(H,19,22)/t13-/m0/s1. The molecule has 0 saturated heterocycles. The van der Waals surface area contributed by atoms with E-state index in [1.54, 1.807) is 0 Å². The van der Waals surface area contributed by atoms with E-state index >= 15 is 0 Å². The van der Waals surface area contributed by atoms with Crippen molar-refractivity contribution in [1.29, 1.82) is 0 Å². The number of hydrogen-bond donors (Lipinski definition) is 1. The first-order valence-electron chi connectivity index (χ1n) is 8.03. The first-order chi connectivity index (χ1) is 10.9. The highest BCUT2D eigenvalue weighted by Crippen LogP contribution is 2.19. The number of aryl methyl sites for hydroxylation is 1. The molecule has 0 aliphatic rings. The molecule has 0 bridgehead atoms. The maximum Gasteiger partial charge on any atom is 0.226 e. The Kier molecular flexibility index (Phi) is 5.53. The zero-order chi connectivity index (χ0) is 16.9. The molecule has 0 unspecified atom stereocenters. The van der Waals surface area contributed by atoms with Gasteiger partial charge in [0.15, 0.2) is 5.82 Å². The summed E-state index contributed by atoms with van der Waals surface area (Å²) in [5.74, 6) is 1.34. The van der Waals surface area contributed by atoms with E-state index in [4.69, 9.17) is 4.52 Å². The molecule has 2 rings (SSSR count). The Morgan fingerprint density at radius 1 is 1.26 bits per heavy atom. The molecule has 1 heterocycles. The lowest BCUT2D eigenvalue weighted by Gasteiger charge is -2.14. The van der Waals surface area contributed by atoms with Gasteiger partial charge < -0.3 is 9.84 Å². The number of carbonyl (C=O) groups is 1. The number of hydrogen-bond acceptors (Lipinski definition) is 4. The van der Waals surface area contributed by atoms with E-state index in [2.05, 4.69) is 15.5 Å². The molecular weight excluding hydrogens is 290 g/mol. The van der Waals surface area contributed by atoms with Crippen LogP contribution in [0.4, 0.5) is 0 Å². The first kappa shape index (κ1) is 17.2. The Morgan fingerprint density at radius 3 is 2.57 bits per heavy atom. The van der Waals surface area contributed by atoms with E-state index in [9.17, 15) is 4.79 Å². The Hall–Kier alpha value is -2.17. The van der Waals surface area contributed by atoms with Crippen LogP contribution in [-0.2, 0) is 16.6 Å². The van der Waals surface area contributed by atoms with E-state index < -0.39 is 0 Å². The van der Waals surface area contributed by atoms with Crippen LogP contribution in [0.2, 0.25) is 0 Å². The second-order valence-electron chi connectivity index (χ2n) is 6.82. The predicted molar refractivity (Wildman–Crippen MR) is 88.9 cm³/mol. The van der Waals surface area contributed by atoms with Gasteiger partial charge in [0.2, 0.25) is 11.8 Å². The quantitative estimate of drug-likeness (QED) is 0.885. The van der Waals surface area contributed by atoms with Crippen molar-refractivity contribution in [2.45, 2.75) is 58.4 Å². The summed E-state index contributed by atoms with van der Waals surface area (Å²) in [6, 6.07) is 9.95. The summed E-state index contributed by atoms with van der Waals surface area (Å²) >= 11 is 0. The molecule has 0 spiro atoms. The van der Waals surface area contributed by atoms with Gasteiger partial charge in [-0.05, 0) is 18.9 Å². The fourth-order valence-electron chi connectivity index (χ4n) is 2.20. The molecular formula is C18H25N3O2. The SMILES string of the molecule is C[C@H](NC(=O)CCCc1nc(C(C)(C)C)no1)c1ccccc1. The molecule has 1 aromatic carbocycles. The van der Waals surface area contributed by atoms with Crippen LogP contribution in [0.25, 0.3) is 0 Å². The van der Waals surface area contributed by atoms with Gasteiger partial charge in [0.25, 0.3) is 0 Å². The lowest BCUT2D eigenvalue weighted by Crippen LogP contribution is -2.26. The summed E-state index contributed by atoms with van der Waals surface area (Å²) < 4.78 is 5.23. The minimum atomic E-state index is -0.121. The normalized spacial score (nSPS) is 12.9. The van der Waals surface area contributed by atoms with Crippen LogP contribution < -0.4 is 5.32 Å². The van der Waals surface area contributed by atoms with Crippen LogP contribution in [0.3, 0.4) is 0 Å². The van der Waals surface area contributed by atoms with Gasteiger partial charge in [0.1, 0.15) is 0 Å². The molecule has 0 fully saturated rings. The number of aromatic nitrogens is 2. The van der Waals surface area contributed by atoms with E-state index in [1.807, 2.05) is 58.0 Å². The van der Waals surface area contributed by atoms with Gasteiger partial charge in [-0.25, -0.2) is 0 Å². The maximum atomic E-state index is 12.0. The molecule has 124 valence electrons. The highest BCUT2D eigenvalue weighted by Gasteiger charge is 2.20. The third-order valence-electron chi connectivity index (χ3n) is 3.61. The van der Waals surface area contributed by atoms with Gasteiger partial charge in [-0.3, -0.25) is 4.79 Å². The monoisotopic (exact) mass is 315 g/mol. The summed E-state index contributed by atoms with van der Waals surface area (Å²) in [5, 5.41) is 6.99. The molecule has 1 amide bonds. The van der Waals surface area contributed by atoms with Crippen LogP contribution in [0, 0.1) is 0 Å². The summed E-state index contributed by atoms with van der Waals surface area (Å²) in [6.45, 7) is 8.11. The number of amides is 1.